The highest BCUT2D eigenvalue weighted by molar-refractivity contribution is 7.90. The number of fused-ring (bicyclic) bond motifs is 1. The highest BCUT2D eigenvalue weighted by atomic mass is 32.2. The first-order valence-corrected chi connectivity index (χ1v) is 13.0. The molecule has 0 spiro atoms. The Morgan fingerprint density at radius 3 is 2.63 bits per heavy atom. The Balaban J connectivity index is 1.33. The number of halogens is 1. The fourth-order valence-corrected chi connectivity index (χ4v) is 4.53. The van der Waals surface area contributed by atoms with Gasteiger partial charge < -0.3 is 14.2 Å². The predicted octanol–water partition coefficient (Wildman–Crippen LogP) is 2.91. The van der Waals surface area contributed by atoms with Crippen LogP contribution >= 0.6 is 0 Å². The van der Waals surface area contributed by atoms with Crippen molar-refractivity contribution in [1.29, 1.82) is 0 Å². The van der Waals surface area contributed by atoms with E-state index in [2.05, 4.69) is 25.2 Å². The lowest BCUT2D eigenvalue weighted by molar-refractivity contribution is 0.164. The molecule has 1 fully saturated rings. The van der Waals surface area contributed by atoms with Gasteiger partial charge in [0.1, 0.15) is 29.3 Å². The molecule has 0 N–H and O–H groups in total. The van der Waals surface area contributed by atoms with Gasteiger partial charge in [0.15, 0.2) is 21.3 Å². The molecule has 0 bridgehead atoms. The third-order valence-corrected chi connectivity index (χ3v) is 6.95. The van der Waals surface area contributed by atoms with Gasteiger partial charge >= 0.3 is 6.01 Å². The zero-order valence-corrected chi connectivity index (χ0v) is 20.2. The summed E-state index contributed by atoms with van der Waals surface area (Å²) >= 11 is 0. The average Bonchev–Trinajstić information content (AvgIpc) is 3.47. The quantitative estimate of drug-likeness (QED) is 0.389. The second-order valence-corrected chi connectivity index (χ2v) is 10.8. The van der Waals surface area contributed by atoms with E-state index in [9.17, 15) is 12.8 Å². The lowest BCUT2D eigenvalue weighted by Gasteiger charge is -2.30. The first-order chi connectivity index (χ1) is 16.7. The summed E-state index contributed by atoms with van der Waals surface area (Å²) in [6, 6.07) is 4.18. The van der Waals surface area contributed by atoms with Gasteiger partial charge in [-0.05, 0) is 18.2 Å². The van der Waals surface area contributed by atoms with E-state index in [1.54, 1.807) is 0 Å². The third-order valence-electron chi connectivity index (χ3n) is 5.84. The summed E-state index contributed by atoms with van der Waals surface area (Å²) in [5.41, 5.74) is 0.427. The van der Waals surface area contributed by atoms with E-state index < -0.39 is 15.7 Å². The largest absolute Gasteiger partial charge is 0.474 e. The van der Waals surface area contributed by atoms with E-state index in [0.29, 0.717) is 41.8 Å². The lowest BCUT2D eigenvalue weighted by atomic mass is 10.1. The Labute approximate surface area is 200 Å². The van der Waals surface area contributed by atoms with Gasteiger partial charge in [0.25, 0.3) is 0 Å². The Bertz CT molecular complexity index is 1480. The van der Waals surface area contributed by atoms with Crippen LogP contribution in [0.2, 0.25) is 0 Å². The highest BCUT2D eigenvalue weighted by Crippen LogP contribution is 2.28. The molecule has 0 saturated carbocycles. The van der Waals surface area contributed by atoms with Crippen LogP contribution in [-0.2, 0) is 9.84 Å². The summed E-state index contributed by atoms with van der Waals surface area (Å²) < 4.78 is 51.0. The third kappa shape index (κ3) is 4.55. The zero-order valence-electron chi connectivity index (χ0n) is 19.4. The minimum Gasteiger partial charge on any atom is -0.474 e. The molecule has 0 radical (unpaired) electrons. The first-order valence-electron chi connectivity index (χ1n) is 11.1. The maximum atomic E-state index is 14.7. The number of benzene rings is 1. The van der Waals surface area contributed by atoms with Crippen LogP contribution in [0.1, 0.15) is 38.4 Å². The van der Waals surface area contributed by atoms with Gasteiger partial charge in [-0.3, -0.25) is 0 Å². The van der Waals surface area contributed by atoms with Crippen LogP contribution in [0.25, 0.3) is 16.7 Å². The van der Waals surface area contributed by atoms with E-state index in [1.165, 1.54) is 29.3 Å². The first kappa shape index (κ1) is 23.1. The SMILES string of the molecule is CC(C)c1noc(N2CCC(Oc3ncnc4c3cnn4-c3ccc(S(C)(=O)=O)cc3F)CC2)n1. The van der Waals surface area contributed by atoms with E-state index in [1.807, 2.05) is 18.7 Å². The number of rotatable bonds is 6. The molecule has 0 aliphatic carbocycles. The van der Waals surface area contributed by atoms with Crippen molar-refractivity contribution in [2.24, 2.45) is 0 Å². The van der Waals surface area contributed by atoms with Gasteiger partial charge in [-0.1, -0.05) is 19.0 Å². The Morgan fingerprint density at radius 1 is 1.20 bits per heavy atom. The van der Waals surface area contributed by atoms with Gasteiger partial charge in [-0.25, -0.2) is 27.5 Å². The fraction of sp³-hybridized carbons (Fsp3) is 0.409. The van der Waals surface area contributed by atoms with Crippen LogP contribution < -0.4 is 9.64 Å². The predicted molar refractivity (Wildman–Crippen MR) is 124 cm³/mol. The molecule has 4 aromatic rings. The number of piperidine rings is 1. The van der Waals surface area contributed by atoms with Gasteiger partial charge in [-0.2, -0.15) is 10.1 Å². The molecule has 1 aliphatic rings. The van der Waals surface area contributed by atoms with Crippen molar-refractivity contribution in [3.8, 4) is 11.6 Å². The van der Waals surface area contributed by atoms with Crippen molar-refractivity contribution >= 4 is 26.9 Å². The molecular weight excluding hydrogens is 477 g/mol. The second-order valence-electron chi connectivity index (χ2n) is 8.75. The van der Waals surface area contributed by atoms with Crippen LogP contribution in [0, 0.1) is 5.82 Å². The summed E-state index contributed by atoms with van der Waals surface area (Å²) in [4.78, 5) is 14.9. The Morgan fingerprint density at radius 2 is 1.97 bits per heavy atom. The van der Waals surface area contributed by atoms with Crippen LogP contribution in [0.4, 0.5) is 10.4 Å². The minimum atomic E-state index is -3.53. The van der Waals surface area contributed by atoms with Crippen molar-refractivity contribution < 1.29 is 22.1 Å². The molecule has 35 heavy (non-hydrogen) atoms. The summed E-state index contributed by atoms with van der Waals surface area (Å²) in [7, 11) is -3.53. The summed E-state index contributed by atoms with van der Waals surface area (Å²) in [5, 5.41) is 8.80. The van der Waals surface area contributed by atoms with E-state index in [4.69, 9.17) is 9.26 Å². The van der Waals surface area contributed by atoms with Crippen molar-refractivity contribution in [1.82, 2.24) is 29.9 Å². The van der Waals surface area contributed by atoms with Crippen molar-refractivity contribution in [2.75, 3.05) is 24.2 Å². The van der Waals surface area contributed by atoms with Gasteiger partial charge in [0.2, 0.25) is 5.88 Å². The highest BCUT2D eigenvalue weighted by Gasteiger charge is 2.26. The van der Waals surface area contributed by atoms with Gasteiger partial charge in [0, 0.05) is 38.1 Å². The summed E-state index contributed by atoms with van der Waals surface area (Å²) in [6.07, 6.45) is 5.22. The number of nitrogens with zero attached hydrogens (tertiary/aromatic N) is 7. The summed E-state index contributed by atoms with van der Waals surface area (Å²) in [5.74, 6) is 0.502. The molecular formula is C22H24FN7O4S. The molecule has 4 heterocycles. The standard InChI is InChI=1S/C22H24FN7O4S/c1-13(2)19-27-22(34-28-19)29-8-6-14(7-9-29)33-21-16-11-26-30(20(16)24-12-25-21)18-5-4-15(10-17(18)23)35(3,31)32/h4-5,10-14H,6-9H2,1-3H3. The molecule has 3 aromatic heterocycles. The Kier molecular flexibility index (Phi) is 5.87. The van der Waals surface area contributed by atoms with Crippen LogP contribution in [-0.4, -0.2) is 63.8 Å². The molecule has 0 unspecified atom stereocenters. The van der Waals surface area contributed by atoms with Crippen molar-refractivity contribution in [3.63, 3.8) is 0 Å². The molecule has 184 valence electrons. The number of hydrogen-bond acceptors (Lipinski definition) is 10. The Hall–Kier alpha value is -3.61. The van der Waals surface area contributed by atoms with Crippen LogP contribution in [0.3, 0.4) is 0 Å². The van der Waals surface area contributed by atoms with E-state index in [0.717, 1.165) is 25.2 Å². The molecule has 13 heteroatoms. The molecule has 0 atom stereocenters. The zero-order chi connectivity index (χ0) is 24.7. The number of anilines is 1. The topological polar surface area (TPSA) is 129 Å². The lowest BCUT2D eigenvalue weighted by Crippen LogP contribution is -2.38. The summed E-state index contributed by atoms with van der Waals surface area (Å²) in [6.45, 7) is 5.41. The molecule has 0 amide bonds. The maximum absolute atomic E-state index is 14.7. The molecule has 1 saturated heterocycles. The van der Waals surface area contributed by atoms with Crippen LogP contribution in [0.15, 0.2) is 40.1 Å². The normalized spacial score (nSPS) is 15.3. The van der Waals surface area contributed by atoms with Gasteiger partial charge in [-0.15, -0.1) is 0 Å². The molecule has 11 nitrogen and oxygen atoms in total. The minimum absolute atomic E-state index is 0.0747. The van der Waals surface area contributed by atoms with Crippen molar-refractivity contribution in [2.45, 2.75) is 43.6 Å². The van der Waals surface area contributed by atoms with Crippen molar-refractivity contribution in [3.05, 3.63) is 42.4 Å². The molecule has 1 aliphatic heterocycles. The smallest absolute Gasteiger partial charge is 0.324 e. The van der Waals surface area contributed by atoms with E-state index >= 15 is 0 Å². The second kappa shape index (κ2) is 8.87. The fourth-order valence-electron chi connectivity index (χ4n) is 3.90. The number of hydrogen-bond donors (Lipinski definition) is 0. The van der Waals surface area contributed by atoms with E-state index in [-0.39, 0.29) is 22.6 Å². The number of aromatic nitrogens is 6. The maximum Gasteiger partial charge on any atom is 0.324 e. The number of sulfone groups is 1. The number of ether oxygens (including phenoxy) is 1. The average molecular weight is 502 g/mol. The van der Waals surface area contributed by atoms with Gasteiger partial charge in [0.05, 0.1) is 11.1 Å². The van der Waals surface area contributed by atoms with Crippen LogP contribution in [0.5, 0.6) is 5.88 Å². The molecule has 5 rings (SSSR count). The molecule has 1 aromatic carbocycles. The monoisotopic (exact) mass is 501 g/mol.